The van der Waals surface area contributed by atoms with Gasteiger partial charge in [-0.1, -0.05) is 26.2 Å². The van der Waals surface area contributed by atoms with Gasteiger partial charge < -0.3 is 9.15 Å². The third-order valence-electron chi connectivity index (χ3n) is 2.91. The van der Waals surface area contributed by atoms with Crippen molar-refractivity contribution < 1.29 is 13.9 Å². The highest BCUT2D eigenvalue weighted by molar-refractivity contribution is 5.91. The number of ether oxygens (including phenoxy) is 1. The lowest BCUT2D eigenvalue weighted by Gasteiger charge is -2.09. The van der Waals surface area contributed by atoms with Gasteiger partial charge in [-0.25, -0.2) is 9.59 Å². The Kier molecular flexibility index (Phi) is 5.62. The third-order valence-corrected chi connectivity index (χ3v) is 2.91. The van der Waals surface area contributed by atoms with Crippen LogP contribution in [-0.2, 0) is 11.2 Å². The largest absolute Gasteiger partial charge is 0.465 e. The molecule has 1 heterocycles. The summed E-state index contributed by atoms with van der Waals surface area (Å²) in [5, 5.41) is 0. The topological polar surface area (TPSA) is 56.5 Å². The minimum Gasteiger partial charge on any atom is -0.465 e. The van der Waals surface area contributed by atoms with Crippen LogP contribution in [0.25, 0.3) is 0 Å². The average Bonchev–Trinajstić information content (AvgIpc) is 2.33. The lowest BCUT2D eigenvalue weighted by atomic mass is 10.0. The van der Waals surface area contributed by atoms with Crippen LogP contribution < -0.4 is 5.63 Å². The molecule has 0 unspecified atom stereocenters. The van der Waals surface area contributed by atoms with Crippen molar-refractivity contribution in [3.8, 4) is 0 Å². The van der Waals surface area contributed by atoms with Crippen molar-refractivity contribution in [2.45, 2.75) is 46.0 Å². The summed E-state index contributed by atoms with van der Waals surface area (Å²) >= 11 is 0. The standard InChI is InChI=1S/C14H20O4/c1-4-5-6-7-8-11-9-12(15)18-10(2)13(11)14(16)17-3/h9H,4-8H2,1-3H3. The van der Waals surface area contributed by atoms with Gasteiger partial charge in [0.25, 0.3) is 0 Å². The zero-order valence-electron chi connectivity index (χ0n) is 11.2. The first-order valence-electron chi connectivity index (χ1n) is 6.32. The highest BCUT2D eigenvalue weighted by Crippen LogP contribution is 2.16. The van der Waals surface area contributed by atoms with E-state index in [9.17, 15) is 9.59 Å². The van der Waals surface area contributed by atoms with E-state index in [0.717, 1.165) is 31.2 Å². The second kappa shape index (κ2) is 6.99. The molecular weight excluding hydrogens is 232 g/mol. The van der Waals surface area contributed by atoms with Crippen molar-refractivity contribution in [2.24, 2.45) is 0 Å². The predicted octanol–water partition coefficient (Wildman–Crippen LogP) is 2.86. The summed E-state index contributed by atoms with van der Waals surface area (Å²) in [5.41, 5.74) is 0.714. The van der Waals surface area contributed by atoms with E-state index in [2.05, 4.69) is 6.92 Å². The van der Waals surface area contributed by atoms with E-state index in [-0.39, 0.29) is 0 Å². The summed E-state index contributed by atoms with van der Waals surface area (Å²) in [7, 11) is 1.33. The van der Waals surface area contributed by atoms with Crippen molar-refractivity contribution in [2.75, 3.05) is 7.11 Å². The van der Waals surface area contributed by atoms with Crippen molar-refractivity contribution in [3.63, 3.8) is 0 Å². The van der Waals surface area contributed by atoms with Gasteiger partial charge in [0.15, 0.2) is 0 Å². The maximum atomic E-state index is 11.7. The summed E-state index contributed by atoms with van der Waals surface area (Å²) in [6.07, 6.45) is 5.07. The quantitative estimate of drug-likeness (QED) is 0.577. The average molecular weight is 252 g/mol. The first-order chi connectivity index (χ1) is 8.60. The van der Waals surface area contributed by atoms with E-state index in [4.69, 9.17) is 9.15 Å². The molecule has 0 aliphatic carbocycles. The van der Waals surface area contributed by atoms with Gasteiger partial charge in [-0.15, -0.1) is 0 Å². The molecule has 4 heteroatoms. The van der Waals surface area contributed by atoms with Crippen LogP contribution in [-0.4, -0.2) is 13.1 Å². The second-order valence-corrected chi connectivity index (χ2v) is 4.32. The molecule has 0 atom stereocenters. The number of aryl methyl sites for hydroxylation is 2. The van der Waals surface area contributed by atoms with E-state index in [1.54, 1.807) is 6.92 Å². The zero-order valence-corrected chi connectivity index (χ0v) is 11.2. The van der Waals surface area contributed by atoms with Crippen LogP contribution in [0.1, 0.15) is 54.3 Å². The molecule has 0 aliphatic heterocycles. The molecule has 100 valence electrons. The summed E-state index contributed by atoms with van der Waals surface area (Å²) in [6.45, 7) is 3.75. The molecule has 4 nitrogen and oxygen atoms in total. The molecule has 0 aliphatic rings. The maximum absolute atomic E-state index is 11.7. The summed E-state index contributed by atoms with van der Waals surface area (Å²) < 4.78 is 9.67. The summed E-state index contributed by atoms with van der Waals surface area (Å²) in [4.78, 5) is 23.0. The van der Waals surface area contributed by atoms with Gasteiger partial charge >= 0.3 is 11.6 Å². The Hall–Kier alpha value is -1.58. The SMILES string of the molecule is CCCCCCc1cc(=O)oc(C)c1C(=O)OC. The number of carbonyl (C=O) groups excluding carboxylic acids is 1. The first kappa shape index (κ1) is 14.5. The minimum absolute atomic E-state index is 0.333. The van der Waals surface area contributed by atoms with E-state index in [0.29, 0.717) is 17.7 Å². The van der Waals surface area contributed by atoms with Gasteiger partial charge in [-0.05, 0) is 25.3 Å². The van der Waals surface area contributed by atoms with Gasteiger partial charge in [-0.2, -0.15) is 0 Å². The summed E-state index contributed by atoms with van der Waals surface area (Å²) in [5.74, 6) is -0.110. The van der Waals surface area contributed by atoms with Crippen LogP contribution in [0, 0.1) is 6.92 Å². The first-order valence-corrected chi connectivity index (χ1v) is 6.32. The Balaban J connectivity index is 2.93. The minimum atomic E-state index is -0.443. The molecule has 1 rings (SSSR count). The molecule has 18 heavy (non-hydrogen) atoms. The molecule has 0 radical (unpaired) electrons. The van der Waals surface area contributed by atoms with Crippen LogP contribution >= 0.6 is 0 Å². The van der Waals surface area contributed by atoms with Crippen molar-refractivity contribution in [3.05, 3.63) is 33.4 Å². The van der Waals surface area contributed by atoms with Gasteiger partial charge in [0.05, 0.1) is 7.11 Å². The number of hydrogen-bond donors (Lipinski definition) is 0. The number of hydrogen-bond acceptors (Lipinski definition) is 4. The number of rotatable bonds is 6. The van der Waals surface area contributed by atoms with Crippen LogP contribution in [0.15, 0.2) is 15.3 Å². The molecular formula is C14H20O4. The third kappa shape index (κ3) is 3.72. The number of esters is 1. The van der Waals surface area contributed by atoms with Crippen LogP contribution in [0.5, 0.6) is 0 Å². The van der Waals surface area contributed by atoms with Crippen LogP contribution in [0.3, 0.4) is 0 Å². The number of carbonyl (C=O) groups is 1. The normalized spacial score (nSPS) is 10.4. The van der Waals surface area contributed by atoms with E-state index in [1.165, 1.54) is 13.2 Å². The Morgan fingerprint density at radius 3 is 2.67 bits per heavy atom. The predicted molar refractivity (Wildman–Crippen MR) is 68.9 cm³/mol. The zero-order chi connectivity index (χ0) is 13.5. The van der Waals surface area contributed by atoms with Crippen molar-refractivity contribution in [1.82, 2.24) is 0 Å². The molecule has 1 aromatic rings. The molecule has 0 bridgehead atoms. The number of methoxy groups -OCH3 is 1. The van der Waals surface area contributed by atoms with Crippen LogP contribution in [0.2, 0.25) is 0 Å². The van der Waals surface area contributed by atoms with Gasteiger partial charge in [0.2, 0.25) is 0 Å². The Morgan fingerprint density at radius 1 is 1.33 bits per heavy atom. The number of unbranched alkanes of at least 4 members (excludes halogenated alkanes) is 3. The fourth-order valence-corrected chi connectivity index (χ4v) is 1.99. The monoisotopic (exact) mass is 252 g/mol. The lowest BCUT2D eigenvalue weighted by Crippen LogP contribution is -2.13. The molecule has 0 N–H and O–H groups in total. The van der Waals surface area contributed by atoms with Gasteiger partial charge in [-0.3, -0.25) is 0 Å². The lowest BCUT2D eigenvalue weighted by molar-refractivity contribution is 0.0594. The van der Waals surface area contributed by atoms with Gasteiger partial charge in [0.1, 0.15) is 11.3 Å². The van der Waals surface area contributed by atoms with E-state index < -0.39 is 11.6 Å². The Morgan fingerprint density at radius 2 is 2.06 bits per heavy atom. The molecule has 0 spiro atoms. The molecule has 0 saturated heterocycles. The van der Waals surface area contributed by atoms with Gasteiger partial charge in [0, 0.05) is 6.07 Å². The van der Waals surface area contributed by atoms with E-state index in [1.807, 2.05) is 0 Å². The van der Waals surface area contributed by atoms with Crippen LogP contribution in [0.4, 0.5) is 0 Å². The molecule has 0 fully saturated rings. The molecule has 0 saturated carbocycles. The molecule has 1 aromatic heterocycles. The Labute approximate surface area is 107 Å². The van der Waals surface area contributed by atoms with Crippen molar-refractivity contribution in [1.29, 1.82) is 0 Å². The van der Waals surface area contributed by atoms with Crippen molar-refractivity contribution >= 4 is 5.97 Å². The fourth-order valence-electron chi connectivity index (χ4n) is 1.99. The smallest absolute Gasteiger partial charge is 0.341 e. The Bertz CT molecular complexity index is 459. The summed E-state index contributed by atoms with van der Waals surface area (Å²) in [6, 6.07) is 1.39. The fraction of sp³-hybridized carbons (Fsp3) is 0.571. The molecule has 0 aromatic carbocycles. The highest BCUT2D eigenvalue weighted by atomic mass is 16.5. The molecule has 0 amide bonds. The maximum Gasteiger partial charge on any atom is 0.341 e. The van der Waals surface area contributed by atoms with E-state index >= 15 is 0 Å². The second-order valence-electron chi connectivity index (χ2n) is 4.32. The highest BCUT2D eigenvalue weighted by Gasteiger charge is 2.17.